The van der Waals surface area contributed by atoms with Crippen LogP contribution in [0.3, 0.4) is 0 Å². The van der Waals surface area contributed by atoms with Crippen molar-refractivity contribution in [2.45, 2.75) is 25.9 Å². The number of rotatable bonds is 10. The van der Waals surface area contributed by atoms with Crippen LogP contribution < -0.4 is 9.64 Å². The van der Waals surface area contributed by atoms with Crippen molar-refractivity contribution in [3.8, 4) is 5.75 Å². The summed E-state index contributed by atoms with van der Waals surface area (Å²) in [5.41, 5.74) is 2.23. The highest BCUT2D eigenvalue weighted by Gasteiger charge is 2.19. The summed E-state index contributed by atoms with van der Waals surface area (Å²) in [7, 11) is 0. The molecule has 30 heavy (non-hydrogen) atoms. The molecule has 1 N–H and O–H groups in total. The third-order valence-corrected chi connectivity index (χ3v) is 5.37. The summed E-state index contributed by atoms with van der Waals surface area (Å²) in [5, 5.41) is 10.3. The number of β-amino-alcohol motifs (C(OH)–C–C–N with tert-alkyl or cyclic N) is 1. The molecule has 5 nitrogen and oxygen atoms in total. The topological polar surface area (TPSA) is 45.2 Å². The molecule has 0 amide bonds. The maximum Gasteiger partial charge on any atom is 0.123 e. The highest BCUT2D eigenvalue weighted by atomic mass is 19.1. The third-order valence-electron chi connectivity index (χ3n) is 5.37. The number of benzene rings is 2. The lowest BCUT2D eigenvalue weighted by atomic mass is 10.0. The lowest BCUT2D eigenvalue weighted by molar-refractivity contribution is 0.00709. The predicted octanol–water partition coefficient (Wildman–Crippen LogP) is 3.53. The molecule has 2 aromatic carbocycles. The van der Waals surface area contributed by atoms with Crippen molar-refractivity contribution >= 4 is 5.69 Å². The van der Waals surface area contributed by atoms with Crippen LogP contribution in [0.5, 0.6) is 5.75 Å². The van der Waals surface area contributed by atoms with Crippen LogP contribution in [0.15, 0.2) is 48.5 Å². The van der Waals surface area contributed by atoms with Crippen molar-refractivity contribution in [3.05, 3.63) is 59.9 Å². The molecule has 3 rings (SSSR count). The fourth-order valence-electron chi connectivity index (χ4n) is 3.71. The first-order valence-corrected chi connectivity index (χ1v) is 10.7. The van der Waals surface area contributed by atoms with Crippen molar-refractivity contribution < 1.29 is 19.0 Å². The molecular weight excluding hydrogens is 383 g/mol. The van der Waals surface area contributed by atoms with Gasteiger partial charge in [0.25, 0.3) is 0 Å². The number of halogens is 1. The molecule has 1 fully saturated rings. The Morgan fingerprint density at radius 1 is 0.967 bits per heavy atom. The molecule has 0 saturated carbocycles. The van der Waals surface area contributed by atoms with E-state index in [0.717, 1.165) is 37.6 Å². The monoisotopic (exact) mass is 416 g/mol. The quantitative estimate of drug-likeness (QED) is 0.601. The third kappa shape index (κ3) is 6.69. The van der Waals surface area contributed by atoms with E-state index in [2.05, 4.69) is 29.7 Å². The van der Waals surface area contributed by atoms with Crippen LogP contribution in [0.4, 0.5) is 10.1 Å². The van der Waals surface area contributed by atoms with E-state index in [-0.39, 0.29) is 5.82 Å². The summed E-state index contributed by atoms with van der Waals surface area (Å²) in [6, 6.07) is 14.7. The Balaban J connectivity index is 1.30. The average molecular weight is 417 g/mol. The second kappa shape index (κ2) is 11.3. The fraction of sp³-hybridized carbons (Fsp3) is 0.500. The van der Waals surface area contributed by atoms with Crippen LogP contribution in [0, 0.1) is 5.82 Å². The first kappa shape index (κ1) is 22.5. The van der Waals surface area contributed by atoms with Crippen LogP contribution in [0.1, 0.15) is 25.3 Å². The number of anilines is 1. The molecule has 0 aliphatic carbocycles. The number of aliphatic hydroxyl groups excluding tert-OH is 1. The molecule has 0 spiro atoms. The van der Waals surface area contributed by atoms with Gasteiger partial charge in [0.15, 0.2) is 0 Å². The first-order chi connectivity index (χ1) is 14.5. The first-order valence-electron chi connectivity index (χ1n) is 10.7. The smallest absolute Gasteiger partial charge is 0.123 e. The number of ether oxygens (including phenoxy) is 2. The van der Waals surface area contributed by atoms with Crippen molar-refractivity contribution in [3.63, 3.8) is 0 Å². The maximum absolute atomic E-state index is 13.1. The predicted molar refractivity (Wildman–Crippen MR) is 118 cm³/mol. The van der Waals surface area contributed by atoms with E-state index in [1.165, 1.54) is 17.7 Å². The van der Waals surface area contributed by atoms with Crippen LogP contribution in [-0.2, 0) is 4.74 Å². The van der Waals surface area contributed by atoms with Gasteiger partial charge in [-0.05, 0) is 41.8 Å². The van der Waals surface area contributed by atoms with Gasteiger partial charge in [0, 0.05) is 38.4 Å². The number of nitrogens with zero attached hydrogens (tertiary/aromatic N) is 2. The summed E-state index contributed by atoms with van der Waals surface area (Å²) >= 11 is 0. The lowest BCUT2D eigenvalue weighted by Gasteiger charge is -2.36. The van der Waals surface area contributed by atoms with Crippen molar-refractivity contribution in [1.82, 2.24) is 4.90 Å². The van der Waals surface area contributed by atoms with E-state index in [1.54, 1.807) is 0 Å². The highest BCUT2D eigenvalue weighted by molar-refractivity contribution is 5.46. The average Bonchev–Trinajstić information content (AvgIpc) is 2.75. The number of aliphatic hydroxyl groups is 1. The van der Waals surface area contributed by atoms with Gasteiger partial charge in [-0.15, -0.1) is 0 Å². The van der Waals surface area contributed by atoms with Gasteiger partial charge in [0.2, 0.25) is 0 Å². The molecule has 6 heteroatoms. The Kier molecular flexibility index (Phi) is 8.49. The minimum absolute atomic E-state index is 0.213. The van der Waals surface area contributed by atoms with Gasteiger partial charge in [0.05, 0.1) is 19.3 Å². The second-order valence-corrected chi connectivity index (χ2v) is 8.03. The molecule has 1 saturated heterocycles. The molecule has 164 valence electrons. The Bertz CT molecular complexity index is 761. The van der Waals surface area contributed by atoms with Crippen LogP contribution in [-0.4, -0.2) is 68.7 Å². The maximum atomic E-state index is 13.1. The largest absolute Gasteiger partial charge is 0.491 e. The van der Waals surface area contributed by atoms with Crippen molar-refractivity contribution in [2.24, 2.45) is 0 Å². The standard InChI is InChI=1S/C24H33FN2O3/c1-19(2)23-5-3-4-6-24(23)30-16-15-29-18-22(28)17-26-11-13-27(14-12-26)21-9-7-20(25)8-10-21/h3-10,19,22,28H,11-18H2,1-2H3/t22-/m1/s1. The molecule has 2 aromatic rings. The SMILES string of the molecule is CC(C)c1ccccc1OCCOC[C@H](O)CN1CCN(c2ccc(F)cc2)CC1. The molecular formula is C24H33FN2O3. The lowest BCUT2D eigenvalue weighted by Crippen LogP contribution is -2.49. The summed E-state index contributed by atoms with van der Waals surface area (Å²) in [6.45, 7) is 9.55. The van der Waals surface area contributed by atoms with Crippen molar-refractivity contribution in [1.29, 1.82) is 0 Å². The van der Waals surface area contributed by atoms with Gasteiger partial charge in [-0.3, -0.25) is 4.90 Å². The normalized spacial score (nSPS) is 16.1. The summed E-state index contributed by atoms with van der Waals surface area (Å²) in [6.07, 6.45) is -0.523. The van der Waals surface area contributed by atoms with E-state index in [0.29, 0.717) is 32.3 Å². The van der Waals surface area contributed by atoms with E-state index in [4.69, 9.17) is 9.47 Å². The molecule has 0 radical (unpaired) electrons. The second-order valence-electron chi connectivity index (χ2n) is 8.03. The molecule has 1 atom stereocenters. The summed E-state index contributed by atoms with van der Waals surface area (Å²) in [5.74, 6) is 1.10. The zero-order valence-electron chi connectivity index (χ0n) is 18.0. The van der Waals surface area contributed by atoms with Gasteiger partial charge in [-0.25, -0.2) is 4.39 Å². The highest BCUT2D eigenvalue weighted by Crippen LogP contribution is 2.25. The van der Waals surface area contributed by atoms with Crippen LogP contribution >= 0.6 is 0 Å². The molecule has 1 aliphatic rings. The zero-order valence-corrected chi connectivity index (χ0v) is 18.0. The Morgan fingerprint density at radius 3 is 2.37 bits per heavy atom. The molecule has 0 unspecified atom stereocenters. The number of piperazine rings is 1. The fourth-order valence-corrected chi connectivity index (χ4v) is 3.71. The molecule has 0 aromatic heterocycles. The van der Waals surface area contributed by atoms with Gasteiger partial charge < -0.3 is 19.5 Å². The molecule has 1 aliphatic heterocycles. The summed E-state index contributed by atoms with van der Waals surface area (Å²) in [4.78, 5) is 4.48. The van der Waals surface area contributed by atoms with Gasteiger partial charge in [0.1, 0.15) is 18.2 Å². The van der Waals surface area contributed by atoms with E-state index >= 15 is 0 Å². The number of hydrogen-bond acceptors (Lipinski definition) is 5. The van der Waals surface area contributed by atoms with Gasteiger partial charge in [-0.1, -0.05) is 32.0 Å². The minimum atomic E-state index is -0.523. The zero-order chi connectivity index (χ0) is 21.3. The number of para-hydroxylation sites is 1. The number of hydrogen-bond donors (Lipinski definition) is 1. The van der Waals surface area contributed by atoms with Crippen LogP contribution in [0.25, 0.3) is 0 Å². The van der Waals surface area contributed by atoms with E-state index in [1.807, 2.05) is 30.3 Å². The minimum Gasteiger partial charge on any atom is -0.491 e. The van der Waals surface area contributed by atoms with E-state index in [9.17, 15) is 9.50 Å². The van der Waals surface area contributed by atoms with E-state index < -0.39 is 6.10 Å². The Hall–Kier alpha value is -2.15. The van der Waals surface area contributed by atoms with Crippen LogP contribution in [0.2, 0.25) is 0 Å². The van der Waals surface area contributed by atoms with Gasteiger partial charge in [-0.2, -0.15) is 0 Å². The van der Waals surface area contributed by atoms with Crippen molar-refractivity contribution in [2.75, 3.05) is 57.4 Å². The Labute approximate surface area is 179 Å². The summed E-state index contributed by atoms with van der Waals surface area (Å²) < 4.78 is 24.5. The molecule has 0 bridgehead atoms. The molecule has 1 heterocycles. The van der Waals surface area contributed by atoms with Gasteiger partial charge >= 0.3 is 0 Å². The Morgan fingerprint density at radius 2 is 1.67 bits per heavy atom.